The van der Waals surface area contributed by atoms with Crippen LogP contribution in [0.5, 0.6) is 0 Å². The molecule has 0 spiro atoms. The SMILES string of the molecule is CC(C)Cc1ccc(CO[Si](C)(C)O)cc1. The monoisotopic (exact) mass is 238 g/mol. The molecule has 0 radical (unpaired) electrons. The van der Waals surface area contributed by atoms with Crippen molar-refractivity contribution in [2.45, 2.75) is 40.0 Å². The quantitative estimate of drug-likeness (QED) is 0.799. The van der Waals surface area contributed by atoms with E-state index in [1.54, 1.807) is 13.1 Å². The summed E-state index contributed by atoms with van der Waals surface area (Å²) in [5.41, 5.74) is 2.49. The molecule has 0 heterocycles. The summed E-state index contributed by atoms with van der Waals surface area (Å²) >= 11 is 0. The van der Waals surface area contributed by atoms with Gasteiger partial charge in [0.1, 0.15) is 0 Å². The first kappa shape index (κ1) is 13.4. The maximum Gasteiger partial charge on any atom is 0.329 e. The second-order valence-corrected chi connectivity index (χ2v) is 8.33. The molecule has 16 heavy (non-hydrogen) atoms. The highest BCUT2D eigenvalue weighted by Gasteiger charge is 2.18. The third-order valence-corrected chi connectivity index (χ3v) is 3.11. The van der Waals surface area contributed by atoms with Crippen LogP contribution in [-0.4, -0.2) is 13.4 Å². The normalized spacial score (nSPS) is 12.1. The molecule has 0 bridgehead atoms. The van der Waals surface area contributed by atoms with E-state index in [9.17, 15) is 4.80 Å². The molecule has 3 heteroatoms. The Morgan fingerprint density at radius 2 is 1.62 bits per heavy atom. The Morgan fingerprint density at radius 3 is 2.06 bits per heavy atom. The molecule has 0 aliphatic heterocycles. The maximum absolute atomic E-state index is 9.57. The molecule has 2 nitrogen and oxygen atoms in total. The van der Waals surface area contributed by atoms with E-state index in [4.69, 9.17) is 4.43 Å². The van der Waals surface area contributed by atoms with Crippen LogP contribution in [0.2, 0.25) is 13.1 Å². The molecule has 0 atom stereocenters. The van der Waals surface area contributed by atoms with E-state index in [1.807, 2.05) is 0 Å². The third kappa shape index (κ3) is 5.44. The van der Waals surface area contributed by atoms with E-state index < -0.39 is 8.56 Å². The van der Waals surface area contributed by atoms with Crippen molar-refractivity contribution in [2.24, 2.45) is 5.92 Å². The predicted molar refractivity (Wildman–Crippen MR) is 69.5 cm³/mol. The van der Waals surface area contributed by atoms with Gasteiger partial charge in [-0.3, -0.25) is 0 Å². The van der Waals surface area contributed by atoms with Crippen molar-refractivity contribution in [3.05, 3.63) is 35.4 Å². The first-order chi connectivity index (χ1) is 7.37. The highest BCUT2D eigenvalue weighted by atomic mass is 28.4. The van der Waals surface area contributed by atoms with Gasteiger partial charge in [0, 0.05) is 0 Å². The molecule has 1 aromatic rings. The van der Waals surface area contributed by atoms with Gasteiger partial charge in [-0.15, -0.1) is 0 Å². The average molecular weight is 238 g/mol. The van der Waals surface area contributed by atoms with Crippen LogP contribution in [0.15, 0.2) is 24.3 Å². The third-order valence-electron chi connectivity index (χ3n) is 2.26. The molecular weight excluding hydrogens is 216 g/mol. The van der Waals surface area contributed by atoms with E-state index in [-0.39, 0.29) is 0 Å². The van der Waals surface area contributed by atoms with Gasteiger partial charge in [-0.25, -0.2) is 0 Å². The number of hydrogen-bond acceptors (Lipinski definition) is 2. The number of benzene rings is 1. The first-order valence-electron chi connectivity index (χ1n) is 5.81. The van der Waals surface area contributed by atoms with Crippen molar-refractivity contribution in [3.63, 3.8) is 0 Å². The minimum absolute atomic E-state index is 0.512. The number of rotatable bonds is 5. The molecule has 1 N–H and O–H groups in total. The molecular formula is C13H22O2Si. The van der Waals surface area contributed by atoms with Crippen LogP contribution < -0.4 is 0 Å². The Balaban J connectivity index is 2.51. The summed E-state index contributed by atoms with van der Waals surface area (Å²) in [5.74, 6) is 0.686. The van der Waals surface area contributed by atoms with E-state index in [2.05, 4.69) is 38.1 Å². The Labute approximate surface area is 99.5 Å². The molecule has 0 aliphatic rings. The van der Waals surface area contributed by atoms with Crippen LogP contribution in [0, 0.1) is 5.92 Å². The van der Waals surface area contributed by atoms with Gasteiger partial charge in [-0.2, -0.15) is 0 Å². The van der Waals surface area contributed by atoms with Crippen molar-refractivity contribution in [3.8, 4) is 0 Å². The average Bonchev–Trinajstić information content (AvgIpc) is 2.14. The van der Waals surface area contributed by atoms with Crippen LogP contribution in [0.3, 0.4) is 0 Å². The fraction of sp³-hybridized carbons (Fsp3) is 0.538. The van der Waals surface area contributed by atoms with Crippen LogP contribution in [0.25, 0.3) is 0 Å². The lowest BCUT2D eigenvalue weighted by Gasteiger charge is -2.15. The fourth-order valence-electron chi connectivity index (χ4n) is 1.50. The highest BCUT2D eigenvalue weighted by Crippen LogP contribution is 2.12. The largest absolute Gasteiger partial charge is 0.411 e. The van der Waals surface area contributed by atoms with E-state index in [1.165, 1.54) is 5.56 Å². The smallest absolute Gasteiger partial charge is 0.329 e. The summed E-state index contributed by atoms with van der Waals surface area (Å²) in [6, 6.07) is 8.45. The second-order valence-electron chi connectivity index (χ2n) is 5.15. The molecule has 0 fully saturated rings. The molecule has 0 saturated carbocycles. The summed E-state index contributed by atoms with van der Waals surface area (Å²) < 4.78 is 5.43. The first-order valence-corrected chi connectivity index (χ1v) is 8.66. The summed E-state index contributed by atoms with van der Waals surface area (Å²) in [4.78, 5) is 9.57. The molecule has 1 aromatic carbocycles. The van der Waals surface area contributed by atoms with Gasteiger partial charge in [-0.05, 0) is 36.6 Å². The van der Waals surface area contributed by atoms with E-state index in [0.717, 1.165) is 12.0 Å². The van der Waals surface area contributed by atoms with Gasteiger partial charge in [0.25, 0.3) is 0 Å². The zero-order valence-corrected chi connectivity index (χ0v) is 11.7. The Bertz CT molecular complexity index is 312. The molecule has 1 rings (SSSR count). The van der Waals surface area contributed by atoms with Gasteiger partial charge >= 0.3 is 8.56 Å². The predicted octanol–water partition coefficient (Wildman–Crippen LogP) is 3.10. The van der Waals surface area contributed by atoms with Gasteiger partial charge in [0.05, 0.1) is 6.61 Å². The van der Waals surface area contributed by atoms with E-state index in [0.29, 0.717) is 12.5 Å². The maximum atomic E-state index is 9.57. The molecule has 90 valence electrons. The standard InChI is InChI=1S/C13H22O2Si/c1-11(2)9-12-5-7-13(8-6-12)10-15-16(3,4)14/h5-8,11,14H,9-10H2,1-4H3. The minimum atomic E-state index is -2.38. The zero-order valence-electron chi connectivity index (χ0n) is 10.7. The van der Waals surface area contributed by atoms with Gasteiger partial charge in [0.15, 0.2) is 0 Å². The molecule has 0 unspecified atom stereocenters. The van der Waals surface area contributed by atoms with Crippen LogP contribution in [-0.2, 0) is 17.5 Å². The molecule has 0 aliphatic carbocycles. The van der Waals surface area contributed by atoms with Gasteiger partial charge < -0.3 is 9.22 Å². The van der Waals surface area contributed by atoms with Crippen molar-refractivity contribution >= 4 is 8.56 Å². The Kier molecular flexibility index (Phi) is 4.71. The van der Waals surface area contributed by atoms with Crippen molar-refractivity contribution in [2.75, 3.05) is 0 Å². The fourth-order valence-corrected chi connectivity index (χ4v) is 2.02. The van der Waals surface area contributed by atoms with Crippen molar-refractivity contribution < 1.29 is 9.22 Å². The summed E-state index contributed by atoms with van der Waals surface area (Å²) in [5, 5.41) is 0. The Morgan fingerprint density at radius 1 is 1.12 bits per heavy atom. The summed E-state index contributed by atoms with van der Waals surface area (Å²) in [6.07, 6.45) is 1.11. The zero-order chi connectivity index (χ0) is 12.2. The highest BCUT2D eigenvalue weighted by molar-refractivity contribution is 6.63. The van der Waals surface area contributed by atoms with Crippen LogP contribution >= 0.6 is 0 Å². The minimum Gasteiger partial charge on any atom is -0.411 e. The number of hydrogen-bond donors (Lipinski definition) is 1. The topological polar surface area (TPSA) is 29.5 Å². The van der Waals surface area contributed by atoms with E-state index >= 15 is 0 Å². The molecule has 0 amide bonds. The molecule has 0 aromatic heterocycles. The van der Waals surface area contributed by atoms with Crippen LogP contribution in [0.4, 0.5) is 0 Å². The summed E-state index contributed by atoms with van der Waals surface area (Å²) in [7, 11) is -2.38. The van der Waals surface area contributed by atoms with Crippen molar-refractivity contribution in [1.29, 1.82) is 0 Å². The summed E-state index contributed by atoms with van der Waals surface area (Å²) in [6.45, 7) is 8.51. The second kappa shape index (κ2) is 5.62. The van der Waals surface area contributed by atoms with Crippen molar-refractivity contribution in [1.82, 2.24) is 0 Å². The lowest BCUT2D eigenvalue weighted by Crippen LogP contribution is -2.29. The molecule has 0 saturated heterocycles. The Hall–Kier alpha value is -0.643. The van der Waals surface area contributed by atoms with Gasteiger partial charge in [-0.1, -0.05) is 38.1 Å². The lowest BCUT2D eigenvalue weighted by atomic mass is 10.0. The van der Waals surface area contributed by atoms with Gasteiger partial charge in [0.2, 0.25) is 0 Å². The van der Waals surface area contributed by atoms with Crippen LogP contribution in [0.1, 0.15) is 25.0 Å². The lowest BCUT2D eigenvalue weighted by molar-refractivity contribution is 0.231.